The fourth-order valence-electron chi connectivity index (χ4n) is 3.78. The van der Waals surface area contributed by atoms with Crippen LogP contribution in [0.4, 0.5) is 4.39 Å². The van der Waals surface area contributed by atoms with E-state index in [1.54, 1.807) is 47.4 Å². The molecule has 34 heavy (non-hydrogen) atoms. The molecular weight excluding hydrogens is 435 g/mol. The number of hydrogen-bond acceptors (Lipinski definition) is 4. The third-order valence-electron chi connectivity index (χ3n) is 5.80. The van der Waals surface area contributed by atoms with Crippen molar-refractivity contribution in [3.8, 4) is 0 Å². The van der Waals surface area contributed by atoms with Crippen LogP contribution in [0.5, 0.6) is 0 Å². The van der Waals surface area contributed by atoms with E-state index in [-0.39, 0.29) is 30.7 Å². The van der Waals surface area contributed by atoms with Crippen molar-refractivity contribution in [2.75, 3.05) is 26.8 Å². The molecule has 0 aliphatic heterocycles. The van der Waals surface area contributed by atoms with Gasteiger partial charge >= 0.3 is 0 Å². The largest absolute Gasteiger partial charge is 0.467 e. The van der Waals surface area contributed by atoms with Gasteiger partial charge in [0, 0.05) is 26.6 Å². The van der Waals surface area contributed by atoms with E-state index in [4.69, 9.17) is 9.15 Å². The van der Waals surface area contributed by atoms with Gasteiger partial charge in [0.05, 0.1) is 26.0 Å². The Morgan fingerprint density at radius 1 is 0.912 bits per heavy atom. The maximum Gasteiger partial charge on any atom is 0.242 e. The molecule has 0 bridgehead atoms. The van der Waals surface area contributed by atoms with Crippen LogP contribution in [0.2, 0.25) is 0 Å². The number of hydrogen-bond donors (Lipinski definition) is 0. The Hall–Kier alpha value is -2.67. The lowest BCUT2D eigenvalue weighted by atomic mass is 10.1. The first-order valence-electron chi connectivity index (χ1n) is 12.3. The number of furan rings is 1. The molecule has 1 aromatic carbocycles. The predicted octanol–water partition coefficient (Wildman–Crippen LogP) is 5.56. The van der Waals surface area contributed by atoms with Crippen LogP contribution in [0, 0.1) is 5.82 Å². The minimum Gasteiger partial charge on any atom is -0.467 e. The number of ether oxygens (including phenoxy) is 1. The van der Waals surface area contributed by atoms with Crippen molar-refractivity contribution in [1.29, 1.82) is 0 Å². The molecule has 0 radical (unpaired) electrons. The van der Waals surface area contributed by atoms with E-state index < -0.39 is 0 Å². The van der Waals surface area contributed by atoms with Gasteiger partial charge in [-0.2, -0.15) is 0 Å². The summed E-state index contributed by atoms with van der Waals surface area (Å²) in [4.78, 5) is 29.4. The van der Waals surface area contributed by atoms with E-state index in [0.717, 1.165) is 24.8 Å². The lowest BCUT2D eigenvalue weighted by Gasteiger charge is -2.27. The average molecular weight is 475 g/mol. The minimum atomic E-state index is -0.325. The number of rotatable bonds is 17. The van der Waals surface area contributed by atoms with Gasteiger partial charge < -0.3 is 19.0 Å². The van der Waals surface area contributed by atoms with Crippen LogP contribution in [0.15, 0.2) is 47.1 Å². The molecule has 2 aromatic rings. The van der Waals surface area contributed by atoms with Gasteiger partial charge in [0.25, 0.3) is 0 Å². The number of carbonyl (C=O) groups excluding carboxylic acids is 2. The Morgan fingerprint density at radius 3 is 2.26 bits per heavy atom. The SMILES string of the molecule is CCCCCCCCCC(=O)N(CCOC)CC(=O)N(Cc1ccc(F)cc1)Cc1ccco1. The summed E-state index contributed by atoms with van der Waals surface area (Å²) in [6, 6.07) is 9.65. The number of amides is 2. The molecule has 1 heterocycles. The molecule has 0 N–H and O–H groups in total. The third kappa shape index (κ3) is 10.5. The molecule has 0 saturated heterocycles. The zero-order valence-corrected chi connectivity index (χ0v) is 20.6. The van der Waals surface area contributed by atoms with Gasteiger partial charge in [-0.1, -0.05) is 57.6 Å². The molecule has 0 spiro atoms. The number of unbranched alkanes of at least 4 members (excludes halogenated alkanes) is 6. The Bertz CT molecular complexity index is 824. The molecule has 0 unspecified atom stereocenters. The summed E-state index contributed by atoms with van der Waals surface area (Å²) in [7, 11) is 1.58. The highest BCUT2D eigenvalue weighted by atomic mass is 19.1. The Balaban J connectivity index is 1.97. The molecule has 2 amide bonds. The Morgan fingerprint density at radius 2 is 1.62 bits per heavy atom. The highest BCUT2D eigenvalue weighted by molar-refractivity contribution is 5.84. The van der Waals surface area contributed by atoms with Crippen LogP contribution in [0.3, 0.4) is 0 Å². The molecule has 0 fully saturated rings. The molecule has 2 rings (SSSR count). The van der Waals surface area contributed by atoms with Gasteiger partial charge in [-0.05, 0) is 36.2 Å². The summed E-state index contributed by atoms with van der Waals surface area (Å²) in [5, 5.41) is 0. The van der Waals surface area contributed by atoms with Crippen molar-refractivity contribution >= 4 is 11.8 Å². The maximum atomic E-state index is 13.3. The molecule has 6 nitrogen and oxygen atoms in total. The quantitative estimate of drug-likeness (QED) is 0.282. The van der Waals surface area contributed by atoms with Gasteiger partial charge in [0.1, 0.15) is 11.6 Å². The number of halogens is 1. The summed E-state index contributed by atoms with van der Waals surface area (Å²) < 4.78 is 23.9. The second-order valence-electron chi connectivity index (χ2n) is 8.64. The van der Waals surface area contributed by atoms with Crippen LogP contribution in [0.25, 0.3) is 0 Å². The van der Waals surface area contributed by atoms with Crippen LogP contribution in [-0.4, -0.2) is 48.4 Å². The number of benzene rings is 1. The Labute approximate surface area is 203 Å². The lowest BCUT2D eigenvalue weighted by Crippen LogP contribution is -2.43. The molecule has 0 atom stereocenters. The summed E-state index contributed by atoms with van der Waals surface area (Å²) in [6.45, 7) is 3.47. The molecule has 7 heteroatoms. The monoisotopic (exact) mass is 474 g/mol. The second kappa shape index (κ2) is 16.0. The van der Waals surface area contributed by atoms with E-state index >= 15 is 0 Å². The number of carbonyl (C=O) groups is 2. The third-order valence-corrected chi connectivity index (χ3v) is 5.80. The predicted molar refractivity (Wildman–Crippen MR) is 130 cm³/mol. The van der Waals surface area contributed by atoms with Gasteiger partial charge in [-0.15, -0.1) is 0 Å². The maximum absolute atomic E-state index is 13.3. The minimum absolute atomic E-state index is 0.0272. The van der Waals surface area contributed by atoms with Crippen LogP contribution in [0.1, 0.15) is 69.6 Å². The first-order chi connectivity index (χ1) is 16.5. The van der Waals surface area contributed by atoms with Crippen molar-refractivity contribution in [1.82, 2.24) is 9.80 Å². The normalized spacial score (nSPS) is 10.9. The topological polar surface area (TPSA) is 63.0 Å². The van der Waals surface area contributed by atoms with E-state index in [2.05, 4.69) is 6.92 Å². The first kappa shape index (κ1) is 27.6. The smallest absolute Gasteiger partial charge is 0.242 e. The highest BCUT2D eigenvalue weighted by Gasteiger charge is 2.22. The zero-order chi connectivity index (χ0) is 24.6. The van der Waals surface area contributed by atoms with Crippen LogP contribution < -0.4 is 0 Å². The molecule has 188 valence electrons. The van der Waals surface area contributed by atoms with Crippen LogP contribution in [-0.2, 0) is 27.4 Å². The van der Waals surface area contributed by atoms with Gasteiger partial charge in [0.2, 0.25) is 11.8 Å². The second-order valence-corrected chi connectivity index (χ2v) is 8.64. The number of nitrogens with zero attached hydrogens (tertiary/aromatic N) is 2. The van der Waals surface area contributed by atoms with Crippen molar-refractivity contribution in [2.24, 2.45) is 0 Å². The molecule has 1 aromatic heterocycles. The zero-order valence-electron chi connectivity index (χ0n) is 20.6. The standard InChI is InChI=1S/C27H39FN2O4/c1-3-4-5-6-7-8-9-12-26(31)29(17-19-33-2)22-27(32)30(21-25-11-10-18-34-25)20-23-13-15-24(28)16-14-23/h10-11,13-16,18H,3-9,12,17,19-22H2,1-2H3. The van der Waals surface area contributed by atoms with Crippen LogP contribution >= 0.6 is 0 Å². The lowest BCUT2D eigenvalue weighted by molar-refractivity contribution is -0.142. The van der Waals surface area contributed by atoms with Crippen molar-refractivity contribution in [3.63, 3.8) is 0 Å². The molecule has 0 saturated carbocycles. The van der Waals surface area contributed by atoms with Crippen molar-refractivity contribution in [3.05, 3.63) is 59.8 Å². The van der Waals surface area contributed by atoms with E-state index in [1.807, 2.05) is 0 Å². The summed E-state index contributed by atoms with van der Waals surface area (Å²) in [5.74, 6) is 0.103. The fourth-order valence-corrected chi connectivity index (χ4v) is 3.78. The van der Waals surface area contributed by atoms with Gasteiger partial charge in [-0.3, -0.25) is 9.59 Å². The van der Waals surface area contributed by atoms with Crippen molar-refractivity contribution in [2.45, 2.75) is 71.4 Å². The van der Waals surface area contributed by atoms with Gasteiger partial charge in [0.15, 0.2) is 0 Å². The Kier molecular flexibility index (Phi) is 13.0. The first-order valence-corrected chi connectivity index (χ1v) is 12.3. The summed E-state index contributed by atoms with van der Waals surface area (Å²) in [5.41, 5.74) is 0.805. The van der Waals surface area contributed by atoms with E-state index in [1.165, 1.54) is 37.8 Å². The number of methoxy groups -OCH3 is 1. The highest BCUT2D eigenvalue weighted by Crippen LogP contribution is 2.14. The van der Waals surface area contributed by atoms with E-state index in [9.17, 15) is 14.0 Å². The average Bonchev–Trinajstić information content (AvgIpc) is 3.35. The van der Waals surface area contributed by atoms with E-state index in [0.29, 0.717) is 31.9 Å². The fraction of sp³-hybridized carbons (Fsp3) is 0.556. The van der Waals surface area contributed by atoms with Gasteiger partial charge in [-0.25, -0.2) is 4.39 Å². The summed E-state index contributed by atoms with van der Waals surface area (Å²) in [6.07, 6.45) is 9.92. The van der Waals surface area contributed by atoms with Crippen molar-refractivity contribution < 1.29 is 23.1 Å². The molecule has 0 aliphatic carbocycles. The molecule has 0 aliphatic rings. The summed E-state index contributed by atoms with van der Waals surface area (Å²) >= 11 is 0. The molecular formula is C27H39FN2O4.